The van der Waals surface area contributed by atoms with Gasteiger partial charge in [-0.2, -0.15) is 4.98 Å². The Labute approximate surface area is 119 Å². The summed E-state index contributed by atoms with van der Waals surface area (Å²) in [5, 5.41) is 1.01. The molecule has 5 heteroatoms. The summed E-state index contributed by atoms with van der Waals surface area (Å²) >= 11 is 6.91. The zero-order valence-corrected chi connectivity index (χ0v) is 13.6. The predicted octanol–water partition coefficient (Wildman–Crippen LogP) is 3.43. The molecule has 0 saturated carbocycles. The lowest BCUT2D eigenvalue weighted by Crippen LogP contribution is -2.27. The average Bonchev–Trinajstić information content (AvgIpc) is 2.26. The van der Waals surface area contributed by atoms with Crippen LogP contribution in [0.15, 0.2) is 9.27 Å². The third-order valence-corrected chi connectivity index (χ3v) is 4.59. The first-order valence-corrected chi connectivity index (χ1v) is 7.68. The van der Waals surface area contributed by atoms with Gasteiger partial charge in [0.15, 0.2) is 0 Å². The van der Waals surface area contributed by atoms with Crippen LogP contribution in [0.1, 0.15) is 31.2 Å². The smallest absolute Gasteiger partial charge is 0.295 e. The lowest BCUT2D eigenvalue weighted by atomic mass is 10.1. The van der Waals surface area contributed by atoms with Gasteiger partial charge in [0.25, 0.3) is 0 Å². The summed E-state index contributed by atoms with van der Waals surface area (Å²) in [5.41, 5.74) is 1.58. The van der Waals surface area contributed by atoms with Crippen LogP contribution in [0.2, 0.25) is 0 Å². The second-order valence-electron chi connectivity index (χ2n) is 4.40. The molecule has 1 atom stereocenters. The minimum atomic E-state index is -0.144. The quantitative estimate of drug-likeness (QED) is 0.749. The highest BCUT2D eigenvalue weighted by Gasteiger charge is 2.10. The zero-order valence-electron chi connectivity index (χ0n) is 10.5. The summed E-state index contributed by atoms with van der Waals surface area (Å²) in [7, 11) is 0. The monoisotopic (exact) mass is 364 g/mol. The van der Waals surface area contributed by atoms with E-state index in [9.17, 15) is 4.79 Å². The molecule has 0 aliphatic heterocycles. The Balaban J connectivity index is 2.85. The molecule has 1 aromatic rings. The van der Waals surface area contributed by atoms with Crippen molar-refractivity contribution in [3.63, 3.8) is 0 Å². The van der Waals surface area contributed by atoms with Gasteiger partial charge in [-0.1, -0.05) is 22.9 Å². The van der Waals surface area contributed by atoms with Gasteiger partial charge in [-0.15, -0.1) is 0 Å². The van der Waals surface area contributed by atoms with E-state index < -0.39 is 0 Å². The van der Waals surface area contributed by atoms with Crippen LogP contribution in [0.5, 0.6) is 0 Å². The van der Waals surface area contributed by atoms with Crippen molar-refractivity contribution in [2.75, 3.05) is 5.33 Å². The van der Waals surface area contributed by atoms with Crippen LogP contribution in [-0.4, -0.2) is 14.9 Å². The Kier molecular flexibility index (Phi) is 5.86. The van der Waals surface area contributed by atoms with Crippen molar-refractivity contribution in [1.29, 1.82) is 0 Å². The second kappa shape index (κ2) is 6.69. The van der Waals surface area contributed by atoms with Crippen LogP contribution >= 0.6 is 31.9 Å². The van der Waals surface area contributed by atoms with Crippen LogP contribution in [0.4, 0.5) is 0 Å². The molecule has 0 fully saturated rings. The number of alkyl halides is 1. The Bertz CT molecular complexity index is 443. The molecule has 0 saturated heterocycles. The molecule has 1 rings (SSSR count). The molecule has 17 heavy (non-hydrogen) atoms. The largest absolute Gasteiger partial charge is 0.348 e. The lowest BCUT2D eigenvalue weighted by molar-refractivity contribution is 0.457. The summed E-state index contributed by atoms with van der Waals surface area (Å²) in [6.45, 7) is 6.74. The molecule has 0 aromatic carbocycles. The Morgan fingerprint density at radius 2 is 2.00 bits per heavy atom. The van der Waals surface area contributed by atoms with E-state index in [1.54, 1.807) is 4.57 Å². The maximum atomic E-state index is 11.8. The molecular formula is C12H18Br2N2O. The van der Waals surface area contributed by atoms with Gasteiger partial charge in [0.1, 0.15) is 0 Å². The van der Waals surface area contributed by atoms with Crippen molar-refractivity contribution >= 4 is 31.9 Å². The van der Waals surface area contributed by atoms with Gasteiger partial charge in [-0.05, 0) is 48.5 Å². The van der Waals surface area contributed by atoms with Crippen molar-refractivity contribution < 1.29 is 0 Å². The summed E-state index contributed by atoms with van der Waals surface area (Å²) in [4.78, 5) is 15.8. The molecule has 1 unspecified atom stereocenters. The van der Waals surface area contributed by atoms with E-state index >= 15 is 0 Å². The minimum absolute atomic E-state index is 0.144. The van der Waals surface area contributed by atoms with Crippen molar-refractivity contribution in [3.05, 3.63) is 26.3 Å². The SMILES string of the molecule is Cc1nc(=O)n(CCC(C)CCBr)c(C)c1Br. The molecule has 0 aliphatic rings. The summed E-state index contributed by atoms with van der Waals surface area (Å²) < 4.78 is 2.69. The minimum Gasteiger partial charge on any atom is -0.295 e. The molecule has 0 amide bonds. The van der Waals surface area contributed by atoms with Gasteiger partial charge >= 0.3 is 5.69 Å². The van der Waals surface area contributed by atoms with E-state index in [1.807, 2.05) is 13.8 Å². The molecule has 1 heterocycles. The van der Waals surface area contributed by atoms with Gasteiger partial charge in [-0.25, -0.2) is 4.79 Å². The molecular weight excluding hydrogens is 348 g/mol. The van der Waals surface area contributed by atoms with Crippen molar-refractivity contribution in [2.45, 2.75) is 40.2 Å². The van der Waals surface area contributed by atoms with E-state index in [-0.39, 0.29) is 5.69 Å². The van der Waals surface area contributed by atoms with Gasteiger partial charge in [-0.3, -0.25) is 4.57 Å². The van der Waals surface area contributed by atoms with Crippen LogP contribution in [0, 0.1) is 19.8 Å². The molecule has 0 N–H and O–H groups in total. The fourth-order valence-corrected chi connectivity index (χ4v) is 2.80. The molecule has 0 radical (unpaired) electrons. The number of hydrogen-bond acceptors (Lipinski definition) is 2. The van der Waals surface area contributed by atoms with Gasteiger partial charge in [0, 0.05) is 17.6 Å². The number of aryl methyl sites for hydroxylation is 1. The maximum absolute atomic E-state index is 11.8. The molecule has 96 valence electrons. The van der Waals surface area contributed by atoms with E-state index in [0.29, 0.717) is 5.92 Å². The van der Waals surface area contributed by atoms with Gasteiger partial charge < -0.3 is 0 Å². The topological polar surface area (TPSA) is 34.9 Å². The number of nitrogens with zero attached hydrogens (tertiary/aromatic N) is 2. The lowest BCUT2D eigenvalue weighted by Gasteiger charge is -2.14. The molecule has 1 aromatic heterocycles. The summed E-state index contributed by atoms with van der Waals surface area (Å²) in [6, 6.07) is 0. The second-order valence-corrected chi connectivity index (χ2v) is 5.99. The highest BCUT2D eigenvalue weighted by atomic mass is 79.9. The third kappa shape index (κ3) is 3.91. The van der Waals surface area contributed by atoms with E-state index in [0.717, 1.165) is 40.6 Å². The normalized spacial score (nSPS) is 12.8. The summed E-state index contributed by atoms with van der Waals surface area (Å²) in [6.07, 6.45) is 2.14. The van der Waals surface area contributed by atoms with E-state index in [1.165, 1.54) is 0 Å². The first kappa shape index (κ1) is 14.9. The van der Waals surface area contributed by atoms with Gasteiger partial charge in [0.2, 0.25) is 0 Å². The van der Waals surface area contributed by atoms with E-state index in [4.69, 9.17) is 0 Å². The highest BCUT2D eigenvalue weighted by molar-refractivity contribution is 9.10. The van der Waals surface area contributed by atoms with E-state index in [2.05, 4.69) is 43.8 Å². The van der Waals surface area contributed by atoms with Crippen molar-refractivity contribution in [2.24, 2.45) is 5.92 Å². The molecule has 0 bridgehead atoms. The maximum Gasteiger partial charge on any atom is 0.348 e. The number of aromatic nitrogens is 2. The standard InChI is InChI=1S/C12H18Br2N2O/c1-8(4-6-13)5-7-16-10(3)11(14)9(2)15-12(16)17/h8H,4-7H2,1-3H3. The predicted molar refractivity (Wildman–Crippen MR) is 77.9 cm³/mol. The van der Waals surface area contributed by atoms with Crippen LogP contribution in [0.3, 0.4) is 0 Å². The van der Waals surface area contributed by atoms with Crippen molar-refractivity contribution in [3.8, 4) is 0 Å². The fraction of sp³-hybridized carbons (Fsp3) is 0.667. The van der Waals surface area contributed by atoms with Crippen LogP contribution < -0.4 is 5.69 Å². The van der Waals surface area contributed by atoms with Crippen LogP contribution in [-0.2, 0) is 6.54 Å². The molecule has 0 aliphatic carbocycles. The molecule has 0 spiro atoms. The zero-order chi connectivity index (χ0) is 13.0. The van der Waals surface area contributed by atoms with Crippen molar-refractivity contribution in [1.82, 2.24) is 9.55 Å². The first-order chi connectivity index (χ1) is 7.97. The van der Waals surface area contributed by atoms with Gasteiger partial charge in [0.05, 0.1) is 10.2 Å². The Hall–Kier alpha value is -0.160. The van der Waals surface area contributed by atoms with Crippen LogP contribution in [0.25, 0.3) is 0 Å². The number of halogens is 2. The number of hydrogen-bond donors (Lipinski definition) is 0. The summed E-state index contributed by atoms with van der Waals surface area (Å²) in [5.74, 6) is 0.612. The highest BCUT2D eigenvalue weighted by Crippen LogP contribution is 2.18. The third-order valence-electron chi connectivity index (χ3n) is 2.98. The molecule has 3 nitrogen and oxygen atoms in total. The number of rotatable bonds is 5. The fourth-order valence-electron chi connectivity index (χ4n) is 1.72. The average molecular weight is 366 g/mol. The Morgan fingerprint density at radius 3 is 2.59 bits per heavy atom. The first-order valence-electron chi connectivity index (χ1n) is 5.76. The Morgan fingerprint density at radius 1 is 1.35 bits per heavy atom.